The molecular formula is C18H22FN3O2S. The van der Waals surface area contributed by atoms with Crippen LogP contribution in [0.4, 0.5) is 10.1 Å². The normalized spacial score (nSPS) is 11.8. The minimum Gasteiger partial charge on any atom is -0.345 e. The van der Waals surface area contributed by atoms with Crippen LogP contribution < -0.4 is 5.32 Å². The molecule has 0 unspecified atom stereocenters. The summed E-state index contributed by atoms with van der Waals surface area (Å²) in [7, 11) is 3.11. The molecule has 2 aromatic rings. The van der Waals surface area contributed by atoms with Gasteiger partial charge in [0.25, 0.3) is 5.91 Å². The van der Waals surface area contributed by atoms with Crippen LogP contribution in [-0.4, -0.2) is 47.4 Å². The van der Waals surface area contributed by atoms with Crippen molar-refractivity contribution in [3.05, 3.63) is 54.1 Å². The highest BCUT2D eigenvalue weighted by Gasteiger charge is 2.21. The molecule has 1 N–H and O–H groups in total. The molecule has 0 aliphatic carbocycles. The lowest BCUT2D eigenvalue weighted by Crippen LogP contribution is -2.26. The van der Waals surface area contributed by atoms with Gasteiger partial charge in [-0.3, -0.25) is 9.59 Å². The second-order valence-electron chi connectivity index (χ2n) is 5.81. The monoisotopic (exact) mass is 363 g/mol. The number of amides is 2. The van der Waals surface area contributed by atoms with E-state index in [4.69, 9.17) is 0 Å². The van der Waals surface area contributed by atoms with Gasteiger partial charge in [-0.15, -0.1) is 0 Å². The topological polar surface area (TPSA) is 54.3 Å². The number of rotatable bonds is 7. The van der Waals surface area contributed by atoms with Crippen molar-refractivity contribution in [1.82, 2.24) is 9.47 Å². The molecule has 25 heavy (non-hydrogen) atoms. The second kappa shape index (κ2) is 8.71. The van der Waals surface area contributed by atoms with Gasteiger partial charge in [-0.05, 0) is 48.8 Å². The molecule has 1 aromatic carbocycles. The number of carbonyl (C=O) groups excluding carboxylic acids is 2. The van der Waals surface area contributed by atoms with Gasteiger partial charge < -0.3 is 14.8 Å². The van der Waals surface area contributed by atoms with Crippen LogP contribution in [0.2, 0.25) is 0 Å². The molecule has 2 rings (SSSR count). The molecule has 0 aliphatic rings. The summed E-state index contributed by atoms with van der Waals surface area (Å²) >= 11 is 1.67. The van der Waals surface area contributed by atoms with E-state index in [0.717, 1.165) is 5.75 Å². The van der Waals surface area contributed by atoms with Gasteiger partial charge in [0.1, 0.15) is 11.9 Å². The van der Waals surface area contributed by atoms with Crippen LogP contribution in [0, 0.1) is 5.82 Å². The Morgan fingerprint density at radius 3 is 2.56 bits per heavy atom. The molecule has 0 radical (unpaired) electrons. The highest BCUT2D eigenvalue weighted by molar-refractivity contribution is 7.98. The fourth-order valence-electron chi connectivity index (χ4n) is 2.43. The van der Waals surface area contributed by atoms with E-state index in [-0.39, 0.29) is 17.5 Å². The molecule has 0 saturated heterocycles. The molecule has 0 spiro atoms. The number of anilines is 1. The third-order valence-electron chi connectivity index (χ3n) is 3.76. The van der Waals surface area contributed by atoms with Crippen LogP contribution in [0.1, 0.15) is 22.8 Å². The molecule has 0 bridgehead atoms. The molecular weight excluding hydrogens is 341 g/mol. The zero-order valence-electron chi connectivity index (χ0n) is 14.5. The van der Waals surface area contributed by atoms with Gasteiger partial charge in [0.05, 0.1) is 5.56 Å². The first-order valence-corrected chi connectivity index (χ1v) is 9.27. The third kappa shape index (κ3) is 4.85. The van der Waals surface area contributed by atoms with E-state index in [0.29, 0.717) is 12.1 Å². The Kier molecular flexibility index (Phi) is 6.64. The summed E-state index contributed by atoms with van der Waals surface area (Å²) in [5.41, 5.74) is 0.335. The van der Waals surface area contributed by atoms with Gasteiger partial charge in [0.2, 0.25) is 5.91 Å². The van der Waals surface area contributed by atoms with Gasteiger partial charge in [-0.25, -0.2) is 4.39 Å². The number of nitrogens with zero attached hydrogens (tertiary/aromatic N) is 2. The van der Waals surface area contributed by atoms with Gasteiger partial charge in [-0.1, -0.05) is 0 Å². The molecule has 7 heteroatoms. The lowest BCUT2D eigenvalue weighted by molar-refractivity contribution is -0.119. The van der Waals surface area contributed by atoms with Crippen molar-refractivity contribution in [2.45, 2.75) is 12.5 Å². The highest BCUT2D eigenvalue weighted by Crippen LogP contribution is 2.20. The number of hydrogen-bond donors (Lipinski definition) is 1. The predicted octanol–water partition coefficient (Wildman–Crippen LogP) is 3.26. The van der Waals surface area contributed by atoms with Gasteiger partial charge in [0, 0.05) is 32.2 Å². The molecule has 0 aliphatic heterocycles. The predicted molar refractivity (Wildman–Crippen MR) is 99.5 cm³/mol. The van der Waals surface area contributed by atoms with Crippen LogP contribution in [0.25, 0.3) is 0 Å². The minimum atomic E-state index is -0.610. The van der Waals surface area contributed by atoms with Crippen LogP contribution in [-0.2, 0) is 4.79 Å². The molecule has 1 heterocycles. The summed E-state index contributed by atoms with van der Waals surface area (Å²) in [4.78, 5) is 26.0. The number of benzene rings is 1. The molecule has 0 fully saturated rings. The van der Waals surface area contributed by atoms with Crippen LogP contribution in [0.5, 0.6) is 0 Å². The van der Waals surface area contributed by atoms with E-state index < -0.39 is 11.7 Å². The maximum atomic E-state index is 13.9. The lowest BCUT2D eigenvalue weighted by Gasteiger charge is -2.19. The zero-order chi connectivity index (χ0) is 18.4. The summed E-state index contributed by atoms with van der Waals surface area (Å²) in [6, 6.07) is 7.40. The molecule has 134 valence electrons. The van der Waals surface area contributed by atoms with Crippen molar-refractivity contribution in [1.29, 1.82) is 0 Å². The van der Waals surface area contributed by atoms with E-state index in [1.165, 1.54) is 23.1 Å². The van der Waals surface area contributed by atoms with Crippen LogP contribution in [0.3, 0.4) is 0 Å². The molecule has 5 nitrogen and oxygen atoms in total. The van der Waals surface area contributed by atoms with E-state index in [9.17, 15) is 14.0 Å². The maximum absolute atomic E-state index is 13.9. The molecule has 2 amide bonds. The fraction of sp³-hybridized carbons (Fsp3) is 0.333. The summed E-state index contributed by atoms with van der Waals surface area (Å²) in [5.74, 6) is -0.413. The Hall–Kier alpha value is -2.28. The van der Waals surface area contributed by atoms with E-state index >= 15 is 0 Å². The fourth-order valence-corrected chi connectivity index (χ4v) is 2.89. The van der Waals surface area contributed by atoms with E-state index in [1.54, 1.807) is 25.9 Å². The Morgan fingerprint density at radius 1 is 1.28 bits per heavy atom. The highest BCUT2D eigenvalue weighted by atomic mass is 32.2. The van der Waals surface area contributed by atoms with Gasteiger partial charge >= 0.3 is 0 Å². The minimum absolute atomic E-state index is 0.0653. The molecule has 1 aromatic heterocycles. The third-order valence-corrected chi connectivity index (χ3v) is 4.40. The van der Waals surface area contributed by atoms with Gasteiger partial charge in [0.15, 0.2) is 0 Å². The zero-order valence-corrected chi connectivity index (χ0v) is 15.3. The van der Waals surface area contributed by atoms with Crippen molar-refractivity contribution in [3.63, 3.8) is 0 Å². The van der Waals surface area contributed by atoms with Crippen LogP contribution in [0.15, 0.2) is 42.7 Å². The Bertz CT molecular complexity index is 732. The second-order valence-corrected chi connectivity index (χ2v) is 6.80. The summed E-state index contributed by atoms with van der Waals surface area (Å²) < 4.78 is 15.7. The maximum Gasteiger partial charge on any atom is 0.256 e. The standard InChI is InChI=1S/C18H22FN3O2S/c1-21(2)18(24)14-12-13(6-7-15(14)19)20-17(23)16(8-11-25-3)22-9-4-5-10-22/h4-7,9-10,12,16H,8,11H2,1-3H3,(H,20,23)/t16-/m0/s1. The average molecular weight is 363 g/mol. The molecule has 1 atom stereocenters. The van der Waals surface area contributed by atoms with E-state index in [2.05, 4.69) is 5.32 Å². The first kappa shape index (κ1) is 19.1. The van der Waals surface area contributed by atoms with Crippen molar-refractivity contribution in [2.75, 3.05) is 31.4 Å². The Morgan fingerprint density at radius 2 is 1.96 bits per heavy atom. The van der Waals surface area contributed by atoms with E-state index in [1.807, 2.05) is 35.3 Å². The van der Waals surface area contributed by atoms with Crippen molar-refractivity contribution >= 4 is 29.3 Å². The first-order chi connectivity index (χ1) is 11.9. The number of thioether (sulfide) groups is 1. The molecule has 0 saturated carbocycles. The van der Waals surface area contributed by atoms with Crippen molar-refractivity contribution < 1.29 is 14.0 Å². The van der Waals surface area contributed by atoms with Crippen molar-refractivity contribution in [2.24, 2.45) is 0 Å². The first-order valence-electron chi connectivity index (χ1n) is 7.87. The average Bonchev–Trinajstić information content (AvgIpc) is 3.10. The quantitative estimate of drug-likeness (QED) is 0.821. The number of hydrogen-bond acceptors (Lipinski definition) is 3. The van der Waals surface area contributed by atoms with Crippen LogP contribution >= 0.6 is 11.8 Å². The Balaban J connectivity index is 2.20. The summed E-state index contributed by atoms with van der Waals surface area (Å²) in [6.07, 6.45) is 6.35. The SMILES string of the molecule is CSCC[C@@H](C(=O)Nc1ccc(F)c(C(=O)N(C)C)c1)n1cccc1. The van der Waals surface area contributed by atoms with Crippen molar-refractivity contribution in [3.8, 4) is 0 Å². The Labute approximate surface area is 151 Å². The van der Waals surface area contributed by atoms with Gasteiger partial charge in [-0.2, -0.15) is 11.8 Å². The smallest absolute Gasteiger partial charge is 0.256 e. The summed E-state index contributed by atoms with van der Waals surface area (Å²) in [6.45, 7) is 0. The number of carbonyl (C=O) groups is 2. The number of nitrogens with one attached hydrogen (secondary N) is 1. The summed E-state index contributed by atoms with van der Waals surface area (Å²) in [5, 5.41) is 2.79. The number of halogens is 1. The number of aromatic nitrogens is 1. The largest absolute Gasteiger partial charge is 0.345 e. The lowest BCUT2D eigenvalue weighted by atomic mass is 10.1.